The lowest BCUT2D eigenvalue weighted by atomic mass is 10.1. The maximum absolute atomic E-state index is 6.06. The Morgan fingerprint density at radius 1 is 1.37 bits per heavy atom. The molecule has 104 valence electrons. The summed E-state index contributed by atoms with van der Waals surface area (Å²) < 4.78 is 12.6. The monoisotopic (exact) mass is 263 g/mol. The van der Waals surface area contributed by atoms with Crippen LogP contribution in [0.4, 0.5) is 5.95 Å². The van der Waals surface area contributed by atoms with E-state index in [9.17, 15) is 0 Å². The number of fused-ring (bicyclic) bond motifs is 1. The maximum Gasteiger partial charge on any atom is 0.201 e. The Bertz CT molecular complexity index is 545. The second-order valence-electron chi connectivity index (χ2n) is 4.59. The molecule has 0 saturated carbocycles. The molecule has 0 fully saturated rings. The van der Waals surface area contributed by atoms with Gasteiger partial charge in [-0.2, -0.15) is 0 Å². The zero-order valence-electron chi connectivity index (χ0n) is 11.7. The molecule has 1 aromatic carbocycles. The maximum atomic E-state index is 6.06. The van der Waals surface area contributed by atoms with E-state index in [4.69, 9.17) is 15.2 Å². The summed E-state index contributed by atoms with van der Waals surface area (Å²) in [5, 5.41) is 0. The highest BCUT2D eigenvalue weighted by atomic mass is 16.5. The van der Waals surface area contributed by atoms with Gasteiger partial charge in [0.1, 0.15) is 5.75 Å². The van der Waals surface area contributed by atoms with Crippen molar-refractivity contribution in [1.29, 1.82) is 0 Å². The van der Waals surface area contributed by atoms with Gasteiger partial charge in [-0.1, -0.05) is 13.3 Å². The first-order valence-corrected chi connectivity index (χ1v) is 6.51. The fourth-order valence-electron chi connectivity index (χ4n) is 2.42. The number of methoxy groups -OCH3 is 2. The smallest absolute Gasteiger partial charge is 0.201 e. The summed E-state index contributed by atoms with van der Waals surface area (Å²) in [7, 11) is 3.35. The number of nitrogen functional groups attached to an aromatic ring is 1. The molecule has 0 amide bonds. The van der Waals surface area contributed by atoms with Crippen molar-refractivity contribution in [3.05, 3.63) is 18.2 Å². The van der Waals surface area contributed by atoms with Crippen LogP contribution in [0.5, 0.6) is 5.75 Å². The summed E-state index contributed by atoms with van der Waals surface area (Å²) in [5.74, 6) is 1.31. The average molecular weight is 263 g/mol. The third kappa shape index (κ3) is 2.66. The quantitative estimate of drug-likeness (QED) is 0.870. The summed E-state index contributed by atoms with van der Waals surface area (Å²) in [6, 6.07) is 6.04. The van der Waals surface area contributed by atoms with Crippen molar-refractivity contribution in [2.45, 2.75) is 25.8 Å². The standard InChI is InChI=1S/C14H21N3O2/c1-4-5-10(9-18-2)17-13-7-6-11(19-3)8-12(13)16-14(17)15/h6-8,10H,4-5,9H2,1-3H3,(H2,15,16). The predicted octanol–water partition coefficient (Wildman–Crippen LogP) is 2.61. The topological polar surface area (TPSA) is 62.3 Å². The number of nitrogens with zero attached hydrogens (tertiary/aromatic N) is 2. The van der Waals surface area contributed by atoms with Crippen LogP contribution in [0.3, 0.4) is 0 Å². The number of nitrogens with two attached hydrogens (primary N) is 1. The van der Waals surface area contributed by atoms with E-state index >= 15 is 0 Å². The molecule has 0 aliphatic rings. The lowest BCUT2D eigenvalue weighted by Crippen LogP contribution is -2.16. The molecule has 0 bridgehead atoms. The normalized spacial score (nSPS) is 12.8. The Morgan fingerprint density at radius 3 is 2.79 bits per heavy atom. The number of rotatable bonds is 6. The van der Waals surface area contributed by atoms with E-state index in [-0.39, 0.29) is 6.04 Å². The summed E-state index contributed by atoms with van der Waals surface area (Å²) >= 11 is 0. The highest BCUT2D eigenvalue weighted by molar-refractivity contribution is 5.80. The number of aromatic nitrogens is 2. The van der Waals surface area contributed by atoms with Gasteiger partial charge in [-0.3, -0.25) is 0 Å². The fraction of sp³-hybridized carbons (Fsp3) is 0.500. The van der Waals surface area contributed by atoms with Gasteiger partial charge in [0, 0.05) is 13.2 Å². The van der Waals surface area contributed by atoms with E-state index in [1.54, 1.807) is 14.2 Å². The Kier molecular flexibility index (Phi) is 4.27. The molecule has 2 aromatic rings. The Hall–Kier alpha value is -1.75. The number of imidazole rings is 1. The van der Waals surface area contributed by atoms with Crippen LogP contribution in [0.2, 0.25) is 0 Å². The molecule has 1 heterocycles. The zero-order valence-corrected chi connectivity index (χ0v) is 11.7. The summed E-state index contributed by atoms with van der Waals surface area (Å²) in [4.78, 5) is 4.41. The lowest BCUT2D eigenvalue weighted by Gasteiger charge is -2.19. The molecule has 2 rings (SSSR count). The minimum absolute atomic E-state index is 0.216. The molecule has 5 heteroatoms. The van der Waals surface area contributed by atoms with Crippen LogP contribution in [-0.2, 0) is 4.74 Å². The molecular weight excluding hydrogens is 242 g/mol. The van der Waals surface area contributed by atoms with E-state index in [0.717, 1.165) is 29.6 Å². The minimum atomic E-state index is 0.216. The van der Waals surface area contributed by atoms with Gasteiger partial charge < -0.3 is 19.8 Å². The van der Waals surface area contributed by atoms with Crippen LogP contribution in [0.25, 0.3) is 11.0 Å². The van der Waals surface area contributed by atoms with Crippen LogP contribution in [0.15, 0.2) is 18.2 Å². The van der Waals surface area contributed by atoms with Gasteiger partial charge in [-0.15, -0.1) is 0 Å². The van der Waals surface area contributed by atoms with Crippen LogP contribution >= 0.6 is 0 Å². The molecule has 0 aliphatic carbocycles. The van der Waals surface area contributed by atoms with E-state index in [2.05, 4.69) is 16.5 Å². The van der Waals surface area contributed by atoms with Crippen molar-refractivity contribution >= 4 is 17.0 Å². The van der Waals surface area contributed by atoms with Gasteiger partial charge in [0.25, 0.3) is 0 Å². The predicted molar refractivity (Wildman–Crippen MR) is 76.5 cm³/mol. The van der Waals surface area contributed by atoms with Gasteiger partial charge in [0.05, 0.1) is 30.8 Å². The second kappa shape index (κ2) is 5.93. The molecule has 0 spiro atoms. The van der Waals surface area contributed by atoms with Gasteiger partial charge in [0.2, 0.25) is 5.95 Å². The molecule has 19 heavy (non-hydrogen) atoms. The first kappa shape index (κ1) is 13.7. The number of benzene rings is 1. The number of anilines is 1. The van der Waals surface area contributed by atoms with Crippen molar-refractivity contribution in [3.63, 3.8) is 0 Å². The van der Waals surface area contributed by atoms with Crippen molar-refractivity contribution < 1.29 is 9.47 Å². The van der Waals surface area contributed by atoms with E-state index in [1.807, 2.05) is 18.2 Å². The summed E-state index contributed by atoms with van der Waals surface area (Å²) in [5.41, 5.74) is 7.94. The van der Waals surface area contributed by atoms with Crippen molar-refractivity contribution in [2.75, 3.05) is 26.6 Å². The van der Waals surface area contributed by atoms with Crippen LogP contribution < -0.4 is 10.5 Å². The van der Waals surface area contributed by atoms with E-state index < -0.39 is 0 Å². The SMILES string of the molecule is CCCC(COC)n1c(N)nc2cc(OC)ccc21. The highest BCUT2D eigenvalue weighted by Crippen LogP contribution is 2.28. The summed E-state index contributed by atoms with van der Waals surface area (Å²) in [6.07, 6.45) is 2.08. The summed E-state index contributed by atoms with van der Waals surface area (Å²) in [6.45, 7) is 2.79. The Morgan fingerprint density at radius 2 is 2.16 bits per heavy atom. The molecule has 0 radical (unpaired) electrons. The van der Waals surface area contributed by atoms with Crippen LogP contribution in [-0.4, -0.2) is 30.4 Å². The second-order valence-corrected chi connectivity index (χ2v) is 4.59. The van der Waals surface area contributed by atoms with Gasteiger partial charge in [0.15, 0.2) is 0 Å². The average Bonchev–Trinajstić information content (AvgIpc) is 2.73. The van der Waals surface area contributed by atoms with Gasteiger partial charge >= 0.3 is 0 Å². The van der Waals surface area contributed by atoms with Gasteiger partial charge in [-0.05, 0) is 18.6 Å². The van der Waals surface area contributed by atoms with E-state index in [1.165, 1.54) is 0 Å². The third-order valence-corrected chi connectivity index (χ3v) is 3.27. The molecule has 1 unspecified atom stereocenters. The number of hydrogen-bond acceptors (Lipinski definition) is 4. The third-order valence-electron chi connectivity index (χ3n) is 3.27. The number of hydrogen-bond donors (Lipinski definition) is 1. The molecule has 5 nitrogen and oxygen atoms in total. The highest BCUT2D eigenvalue weighted by Gasteiger charge is 2.17. The molecule has 2 N–H and O–H groups in total. The molecule has 1 atom stereocenters. The largest absolute Gasteiger partial charge is 0.497 e. The first-order valence-electron chi connectivity index (χ1n) is 6.51. The van der Waals surface area contributed by atoms with Gasteiger partial charge in [-0.25, -0.2) is 4.98 Å². The molecule has 1 aromatic heterocycles. The lowest BCUT2D eigenvalue weighted by molar-refractivity contribution is 0.153. The van der Waals surface area contributed by atoms with Crippen molar-refractivity contribution in [3.8, 4) is 5.75 Å². The number of ether oxygens (including phenoxy) is 2. The first-order chi connectivity index (χ1) is 9.21. The molecular formula is C14H21N3O2. The van der Waals surface area contributed by atoms with Crippen molar-refractivity contribution in [2.24, 2.45) is 0 Å². The Balaban J connectivity index is 2.48. The zero-order chi connectivity index (χ0) is 13.8. The molecule has 0 saturated heterocycles. The van der Waals surface area contributed by atoms with Crippen LogP contribution in [0.1, 0.15) is 25.8 Å². The van der Waals surface area contributed by atoms with Crippen LogP contribution in [0, 0.1) is 0 Å². The minimum Gasteiger partial charge on any atom is -0.497 e. The Labute approximate surface area is 113 Å². The molecule has 0 aliphatic heterocycles. The fourth-order valence-corrected chi connectivity index (χ4v) is 2.42. The van der Waals surface area contributed by atoms with Crippen molar-refractivity contribution in [1.82, 2.24) is 9.55 Å². The van der Waals surface area contributed by atoms with E-state index in [0.29, 0.717) is 12.6 Å².